The van der Waals surface area contributed by atoms with Crippen molar-refractivity contribution in [1.29, 1.82) is 0 Å². The minimum Gasteiger partial charge on any atom is -1.00 e. The van der Waals surface area contributed by atoms with E-state index in [9.17, 15) is 0 Å². The average Bonchev–Trinajstić information content (AvgIpc) is 3.02. The monoisotopic (exact) mass is 466 g/mol. The Bertz CT molecular complexity index is 988. The second-order valence-corrected chi connectivity index (χ2v) is 5.24. The number of hydrogen-bond acceptors (Lipinski definition) is 2. The number of aromatic nitrogens is 2. The van der Waals surface area contributed by atoms with E-state index in [1.165, 1.54) is 0 Å². The molecule has 5 nitrogen and oxygen atoms in total. The first kappa shape index (κ1) is 20.8. The Morgan fingerprint density at radius 2 is 1.31 bits per heavy atom. The molecule has 0 aliphatic rings. The quantitative estimate of drug-likeness (QED) is 0.474. The molecule has 0 atom stereocenters. The van der Waals surface area contributed by atoms with Crippen LogP contribution in [0.3, 0.4) is 0 Å². The maximum atomic E-state index is 8.56. The molecule has 0 saturated carbocycles. The Labute approximate surface area is 211 Å². The summed E-state index contributed by atoms with van der Waals surface area (Å²) >= 11 is 0. The van der Waals surface area contributed by atoms with Crippen LogP contribution in [0.15, 0.2) is 84.9 Å². The fraction of sp³-hybridized carbons (Fsp3) is 0. The van der Waals surface area contributed by atoms with Crippen LogP contribution in [0.4, 0.5) is 4.79 Å². The molecule has 4 rings (SSSR count). The van der Waals surface area contributed by atoms with Gasteiger partial charge in [-0.3, -0.25) is 4.57 Å². The molecule has 2 N–H and O–H groups in total. The number of carboxylic acid groups (broad SMARTS) is 2. The van der Waals surface area contributed by atoms with Crippen molar-refractivity contribution in [3.8, 4) is 17.1 Å². The summed E-state index contributed by atoms with van der Waals surface area (Å²) in [5.74, 6) is 0.975. The Morgan fingerprint density at radius 3 is 1.92 bits per heavy atom. The first-order valence-electron chi connectivity index (χ1n) is 7.67. The molecule has 0 saturated heterocycles. The summed E-state index contributed by atoms with van der Waals surface area (Å²) in [6, 6.07) is 28.9. The number of fused-ring (bicyclic) bond motifs is 1. The second-order valence-electron chi connectivity index (χ2n) is 5.24. The third kappa shape index (κ3) is 5.00. The minimum absolute atomic E-state index is 0. The van der Waals surface area contributed by atoms with Gasteiger partial charge in [0.1, 0.15) is 5.82 Å². The third-order valence-corrected chi connectivity index (χ3v) is 3.61. The molecule has 0 aliphatic carbocycles. The van der Waals surface area contributed by atoms with E-state index < -0.39 is 6.16 Å². The summed E-state index contributed by atoms with van der Waals surface area (Å²) in [5, 5.41) is 13.9. The van der Waals surface area contributed by atoms with Crippen LogP contribution >= 0.6 is 0 Å². The van der Waals surface area contributed by atoms with Crippen molar-refractivity contribution in [1.82, 2.24) is 9.55 Å². The van der Waals surface area contributed by atoms with Crippen LogP contribution in [0.2, 0.25) is 0 Å². The molecule has 0 radical (unpaired) electrons. The summed E-state index contributed by atoms with van der Waals surface area (Å²) in [5.41, 5.74) is 4.39. The van der Waals surface area contributed by atoms with E-state index in [-0.39, 0.29) is 70.3 Å². The molecule has 4 aromatic rings. The first-order valence-corrected chi connectivity index (χ1v) is 7.67. The van der Waals surface area contributed by atoms with Crippen LogP contribution in [0.1, 0.15) is 1.43 Å². The standard InChI is InChI=1S/C19H14N2.CH2O3.Cs.H/c1-3-9-15(10-4-1)19-20-17-13-7-8-14-18(17)21(19)16-11-5-2-6-12-16;2-1(3)4;;/h1-14H;(H2,2,3,4);;/q;;+1;-1. The van der Waals surface area contributed by atoms with Crippen LogP contribution in [0, 0.1) is 0 Å². The van der Waals surface area contributed by atoms with Crippen LogP contribution in [-0.2, 0) is 0 Å². The molecule has 0 unspecified atom stereocenters. The van der Waals surface area contributed by atoms with Gasteiger partial charge in [0.2, 0.25) is 0 Å². The molecule has 26 heavy (non-hydrogen) atoms. The molecule has 6 heteroatoms. The topological polar surface area (TPSA) is 75.3 Å². The van der Waals surface area contributed by atoms with E-state index in [1.54, 1.807) is 0 Å². The Hall–Kier alpha value is -1.55. The number of imidazole rings is 1. The summed E-state index contributed by atoms with van der Waals surface area (Å²) < 4.78 is 2.21. The van der Waals surface area contributed by atoms with Gasteiger partial charge in [-0.05, 0) is 24.3 Å². The maximum absolute atomic E-state index is 8.56. The van der Waals surface area contributed by atoms with Crippen LogP contribution in [-0.4, -0.2) is 25.9 Å². The molecule has 126 valence electrons. The molecule has 3 aromatic carbocycles. The third-order valence-electron chi connectivity index (χ3n) is 3.61. The van der Waals surface area contributed by atoms with Gasteiger partial charge in [-0.25, -0.2) is 9.78 Å². The molecule has 0 aliphatic heterocycles. The fourth-order valence-corrected chi connectivity index (χ4v) is 2.65. The van der Waals surface area contributed by atoms with E-state index in [4.69, 9.17) is 20.0 Å². The smallest absolute Gasteiger partial charge is 1.00 e. The predicted molar refractivity (Wildman–Crippen MR) is 98.3 cm³/mol. The molecule has 1 aromatic heterocycles. The van der Waals surface area contributed by atoms with Gasteiger partial charge in [-0.15, -0.1) is 0 Å². The van der Waals surface area contributed by atoms with Crippen molar-refractivity contribution in [2.75, 3.05) is 0 Å². The minimum atomic E-state index is -1.83. The number of rotatable bonds is 2. The van der Waals surface area contributed by atoms with Gasteiger partial charge in [0.25, 0.3) is 0 Å². The van der Waals surface area contributed by atoms with Gasteiger partial charge >= 0.3 is 75.0 Å². The zero-order valence-corrected chi connectivity index (χ0v) is 20.6. The van der Waals surface area contributed by atoms with E-state index >= 15 is 0 Å². The van der Waals surface area contributed by atoms with E-state index in [2.05, 4.69) is 59.2 Å². The number of hydrogen-bond donors (Lipinski definition) is 2. The van der Waals surface area contributed by atoms with Gasteiger partial charge in [-0.1, -0.05) is 60.7 Å². The predicted octanol–water partition coefficient (Wildman–Crippen LogP) is 2.03. The van der Waals surface area contributed by atoms with Crippen molar-refractivity contribution in [3.05, 3.63) is 84.9 Å². The summed E-state index contributed by atoms with van der Waals surface area (Å²) in [6.45, 7) is 0. The molecule has 0 fully saturated rings. The van der Waals surface area contributed by atoms with E-state index in [0.29, 0.717) is 0 Å². The van der Waals surface area contributed by atoms with E-state index in [0.717, 1.165) is 28.1 Å². The normalized spacial score (nSPS) is 9.69. The Kier molecular flexibility index (Phi) is 7.95. The van der Waals surface area contributed by atoms with Gasteiger partial charge in [-0.2, -0.15) is 0 Å². The van der Waals surface area contributed by atoms with Gasteiger partial charge in [0.05, 0.1) is 11.0 Å². The van der Waals surface area contributed by atoms with Crippen LogP contribution in [0.5, 0.6) is 0 Å². The molecular formula is C20H17CsN2O3. The zero-order valence-electron chi connectivity index (χ0n) is 15.3. The molecule has 0 spiro atoms. The van der Waals surface area contributed by atoms with Crippen LogP contribution in [0.25, 0.3) is 28.1 Å². The Balaban J connectivity index is 0.000000558. The summed E-state index contributed by atoms with van der Waals surface area (Å²) in [7, 11) is 0. The van der Waals surface area contributed by atoms with Gasteiger partial charge in [0.15, 0.2) is 0 Å². The number of nitrogens with zero attached hydrogens (tertiary/aromatic N) is 2. The van der Waals surface area contributed by atoms with Crippen LogP contribution < -0.4 is 68.9 Å². The molecule has 0 amide bonds. The molecule has 0 bridgehead atoms. The first-order chi connectivity index (χ1) is 12.2. The summed E-state index contributed by atoms with van der Waals surface area (Å²) in [6.07, 6.45) is -1.83. The van der Waals surface area contributed by atoms with Crippen molar-refractivity contribution in [2.24, 2.45) is 0 Å². The van der Waals surface area contributed by atoms with Crippen molar-refractivity contribution in [3.63, 3.8) is 0 Å². The SMILES string of the molecule is O=C(O)O.[Cs+].[H-].c1ccc(-c2nc3ccccc3n2-c2ccccc2)cc1. The number of carbonyl (C=O) groups is 1. The number of para-hydroxylation sites is 3. The van der Waals surface area contributed by atoms with Crippen molar-refractivity contribution < 1.29 is 85.3 Å². The fourth-order valence-electron chi connectivity index (χ4n) is 2.65. The average molecular weight is 466 g/mol. The molecular weight excluding hydrogens is 449 g/mol. The van der Waals surface area contributed by atoms with Crippen molar-refractivity contribution >= 4 is 17.2 Å². The van der Waals surface area contributed by atoms with Gasteiger partial charge in [0, 0.05) is 11.3 Å². The van der Waals surface area contributed by atoms with E-state index in [1.807, 2.05) is 30.3 Å². The maximum Gasteiger partial charge on any atom is 1.00 e. The van der Waals surface area contributed by atoms with Gasteiger partial charge < -0.3 is 11.6 Å². The Morgan fingerprint density at radius 1 is 0.808 bits per heavy atom. The zero-order chi connectivity index (χ0) is 17.6. The number of benzene rings is 3. The molecule has 1 heterocycles. The summed E-state index contributed by atoms with van der Waals surface area (Å²) in [4.78, 5) is 13.4. The second kappa shape index (κ2) is 9.96. The largest absolute Gasteiger partial charge is 1.00 e. The van der Waals surface area contributed by atoms with Crippen molar-refractivity contribution in [2.45, 2.75) is 0 Å².